The van der Waals surface area contributed by atoms with Crippen molar-refractivity contribution in [1.82, 2.24) is 20.1 Å². The molecular formula is C23H16F3N5O2S. The maximum absolute atomic E-state index is 13.7. The third kappa shape index (κ3) is 5.44. The number of thioether (sulfide) groups is 1. The predicted octanol–water partition coefficient (Wildman–Crippen LogP) is 4.79. The predicted molar refractivity (Wildman–Crippen MR) is 121 cm³/mol. The van der Waals surface area contributed by atoms with Gasteiger partial charge in [-0.25, -0.2) is 18.0 Å². The number of nitrogens with zero attached hydrogens (tertiary/aromatic N) is 3. The van der Waals surface area contributed by atoms with Crippen molar-refractivity contribution in [1.29, 1.82) is 0 Å². The van der Waals surface area contributed by atoms with Crippen molar-refractivity contribution < 1.29 is 22.8 Å². The lowest BCUT2D eigenvalue weighted by Crippen LogP contribution is -2.35. The van der Waals surface area contributed by atoms with E-state index in [4.69, 9.17) is 0 Å². The number of urea groups is 1. The summed E-state index contributed by atoms with van der Waals surface area (Å²) in [6.45, 7) is 0. The largest absolute Gasteiger partial charge is 0.325 e. The second kappa shape index (κ2) is 10.2. The fourth-order valence-electron chi connectivity index (χ4n) is 2.98. The molecule has 3 amide bonds. The maximum atomic E-state index is 13.7. The van der Waals surface area contributed by atoms with Crippen molar-refractivity contribution in [2.24, 2.45) is 0 Å². The van der Waals surface area contributed by atoms with E-state index < -0.39 is 29.4 Å². The Labute approximate surface area is 196 Å². The van der Waals surface area contributed by atoms with E-state index >= 15 is 0 Å². The highest BCUT2D eigenvalue weighted by Crippen LogP contribution is 2.28. The minimum Gasteiger partial charge on any atom is -0.305 e. The van der Waals surface area contributed by atoms with E-state index in [2.05, 4.69) is 20.8 Å². The monoisotopic (exact) mass is 483 g/mol. The first-order chi connectivity index (χ1) is 16.4. The Morgan fingerprint density at radius 3 is 2.18 bits per heavy atom. The number of anilines is 1. The van der Waals surface area contributed by atoms with Crippen LogP contribution < -0.4 is 10.6 Å². The molecule has 0 radical (unpaired) electrons. The van der Waals surface area contributed by atoms with E-state index in [0.29, 0.717) is 17.1 Å². The Hall–Kier alpha value is -4.12. The summed E-state index contributed by atoms with van der Waals surface area (Å²) in [7, 11) is 0. The lowest BCUT2D eigenvalue weighted by atomic mass is 10.2. The zero-order chi connectivity index (χ0) is 24.1. The van der Waals surface area contributed by atoms with Crippen LogP contribution in [-0.2, 0) is 4.79 Å². The van der Waals surface area contributed by atoms with Gasteiger partial charge in [-0.2, -0.15) is 0 Å². The minimum atomic E-state index is -0.886. The molecule has 0 aliphatic heterocycles. The summed E-state index contributed by atoms with van der Waals surface area (Å²) in [5.41, 5.74) is 1.00. The normalized spacial score (nSPS) is 10.7. The number of halogens is 3. The Morgan fingerprint density at radius 2 is 1.50 bits per heavy atom. The summed E-state index contributed by atoms with van der Waals surface area (Å²) < 4.78 is 42.1. The summed E-state index contributed by atoms with van der Waals surface area (Å²) in [6, 6.07) is 15.8. The first-order valence-electron chi connectivity index (χ1n) is 9.86. The fraction of sp³-hybridized carbons (Fsp3) is 0.0435. The van der Waals surface area contributed by atoms with E-state index in [1.807, 2.05) is 0 Å². The van der Waals surface area contributed by atoms with Gasteiger partial charge in [-0.1, -0.05) is 23.9 Å². The molecule has 3 aromatic carbocycles. The SMILES string of the molecule is O=C(CSc1nnc(-c2ccc(F)cc2)n1-c1ccc(F)cc1)NC(=O)Nc1ccccc1F. The van der Waals surface area contributed by atoms with Gasteiger partial charge in [0.15, 0.2) is 11.0 Å². The molecule has 172 valence electrons. The quantitative estimate of drug-likeness (QED) is 0.385. The van der Waals surface area contributed by atoms with Gasteiger partial charge in [-0.05, 0) is 60.7 Å². The average Bonchev–Trinajstić information content (AvgIpc) is 3.24. The third-order valence-electron chi connectivity index (χ3n) is 4.53. The number of imide groups is 1. The van der Waals surface area contributed by atoms with Crippen molar-refractivity contribution in [2.45, 2.75) is 5.16 Å². The number of hydrogen-bond donors (Lipinski definition) is 2. The summed E-state index contributed by atoms with van der Waals surface area (Å²) >= 11 is 0.980. The highest BCUT2D eigenvalue weighted by Gasteiger charge is 2.18. The average molecular weight is 483 g/mol. The Kier molecular flexibility index (Phi) is 6.93. The van der Waals surface area contributed by atoms with Gasteiger partial charge in [0.05, 0.1) is 11.4 Å². The van der Waals surface area contributed by atoms with Gasteiger partial charge in [0, 0.05) is 11.3 Å². The van der Waals surface area contributed by atoms with Crippen LogP contribution in [0.15, 0.2) is 78.0 Å². The van der Waals surface area contributed by atoms with Crippen molar-refractivity contribution in [3.63, 3.8) is 0 Å². The summed E-state index contributed by atoms with van der Waals surface area (Å²) in [6.07, 6.45) is 0. The number of aromatic nitrogens is 3. The molecule has 4 rings (SSSR count). The second-order valence-electron chi connectivity index (χ2n) is 6.90. The molecule has 0 saturated heterocycles. The third-order valence-corrected chi connectivity index (χ3v) is 5.46. The van der Waals surface area contributed by atoms with E-state index in [9.17, 15) is 22.8 Å². The van der Waals surface area contributed by atoms with Gasteiger partial charge < -0.3 is 5.32 Å². The fourth-order valence-corrected chi connectivity index (χ4v) is 3.73. The zero-order valence-corrected chi connectivity index (χ0v) is 18.2. The number of amides is 3. The van der Waals surface area contributed by atoms with Crippen LogP contribution in [0, 0.1) is 17.5 Å². The molecule has 0 aliphatic carbocycles. The summed E-state index contributed by atoms with van der Waals surface area (Å²) in [5.74, 6) is -2.01. The van der Waals surface area contributed by atoms with Crippen LogP contribution in [0.5, 0.6) is 0 Å². The van der Waals surface area contributed by atoms with Crippen molar-refractivity contribution >= 4 is 29.4 Å². The number of carbonyl (C=O) groups is 2. The Morgan fingerprint density at radius 1 is 0.853 bits per heavy atom. The molecule has 1 heterocycles. The molecule has 4 aromatic rings. The Balaban J connectivity index is 1.50. The van der Waals surface area contributed by atoms with Crippen LogP contribution in [0.3, 0.4) is 0 Å². The van der Waals surface area contributed by atoms with Gasteiger partial charge in [-0.3, -0.25) is 14.7 Å². The molecule has 0 aliphatic rings. The molecule has 0 saturated carbocycles. The van der Waals surface area contributed by atoms with Gasteiger partial charge in [-0.15, -0.1) is 10.2 Å². The molecule has 0 spiro atoms. The van der Waals surface area contributed by atoms with Gasteiger partial charge in [0.1, 0.15) is 17.5 Å². The lowest BCUT2D eigenvalue weighted by Gasteiger charge is -2.11. The second-order valence-corrected chi connectivity index (χ2v) is 7.84. The molecule has 11 heteroatoms. The molecule has 0 unspecified atom stereocenters. The topological polar surface area (TPSA) is 88.9 Å². The van der Waals surface area contributed by atoms with E-state index in [1.165, 1.54) is 72.8 Å². The summed E-state index contributed by atoms with van der Waals surface area (Å²) in [4.78, 5) is 24.3. The highest BCUT2D eigenvalue weighted by molar-refractivity contribution is 7.99. The molecule has 0 fully saturated rings. The van der Waals surface area contributed by atoms with Crippen molar-refractivity contribution in [2.75, 3.05) is 11.1 Å². The standard InChI is InChI=1S/C23H16F3N5O2S/c24-15-7-5-14(6-8-15)21-29-30-23(31(21)17-11-9-16(25)10-12-17)34-13-20(32)28-22(33)27-19-4-2-1-3-18(19)26/h1-12H,13H2,(H2,27,28,32,33). The van der Waals surface area contributed by atoms with Gasteiger partial charge in [0.25, 0.3) is 0 Å². The molecule has 7 nitrogen and oxygen atoms in total. The zero-order valence-electron chi connectivity index (χ0n) is 17.3. The molecule has 0 bridgehead atoms. The van der Waals surface area contributed by atoms with E-state index in [0.717, 1.165) is 11.8 Å². The van der Waals surface area contributed by atoms with Crippen molar-refractivity contribution in [3.8, 4) is 17.1 Å². The highest BCUT2D eigenvalue weighted by atomic mass is 32.2. The van der Waals surface area contributed by atoms with Crippen LogP contribution >= 0.6 is 11.8 Å². The van der Waals surface area contributed by atoms with Crippen LogP contribution in [0.1, 0.15) is 0 Å². The van der Waals surface area contributed by atoms with Crippen LogP contribution in [0.25, 0.3) is 17.1 Å². The van der Waals surface area contributed by atoms with Crippen LogP contribution in [0.4, 0.5) is 23.7 Å². The number of carbonyl (C=O) groups excluding carboxylic acids is 2. The van der Waals surface area contributed by atoms with Gasteiger partial charge in [0.2, 0.25) is 5.91 Å². The van der Waals surface area contributed by atoms with Crippen LogP contribution in [0.2, 0.25) is 0 Å². The smallest absolute Gasteiger partial charge is 0.305 e. The number of para-hydroxylation sites is 1. The number of rotatable bonds is 6. The van der Waals surface area contributed by atoms with E-state index in [1.54, 1.807) is 4.57 Å². The van der Waals surface area contributed by atoms with E-state index in [-0.39, 0.29) is 16.6 Å². The molecule has 2 N–H and O–H groups in total. The maximum Gasteiger partial charge on any atom is 0.325 e. The lowest BCUT2D eigenvalue weighted by molar-refractivity contribution is -0.117. The van der Waals surface area contributed by atoms with Crippen LogP contribution in [-0.4, -0.2) is 32.5 Å². The number of hydrogen-bond acceptors (Lipinski definition) is 5. The molecule has 1 aromatic heterocycles. The molecule has 0 atom stereocenters. The Bertz CT molecular complexity index is 1330. The minimum absolute atomic E-state index is 0.0690. The number of benzene rings is 3. The first-order valence-corrected chi connectivity index (χ1v) is 10.8. The summed E-state index contributed by atoms with van der Waals surface area (Å²) in [5, 5.41) is 12.9. The van der Waals surface area contributed by atoms with Crippen molar-refractivity contribution in [3.05, 3.63) is 90.2 Å². The first kappa shape index (κ1) is 23.1. The van der Waals surface area contributed by atoms with Gasteiger partial charge >= 0.3 is 6.03 Å². The number of nitrogens with one attached hydrogen (secondary N) is 2. The molecule has 34 heavy (non-hydrogen) atoms. The molecular weight excluding hydrogens is 467 g/mol.